The number of methoxy groups -OCH3 is 2. The summed E-state index contributed by atoms with van der Waals surface area (Å²) in [6, 6.07) is 10.7. The summed E-state index contributed by atoms with van der Waals surface area (Å²) >= 11 is 3.61. The molecule has 0 amide bonds. The Labute approximate surface area is 155 Å². The molecule has 0 fully saturated rings. The van der Waals surface area contributed by atoms with Crippen molar-refractivity contribution >= 4 is 26.8 Å². The number of ether oxygens (including phenoxy) is 3. The van der Waals surface area contributed by atoms with E-state index in [4.69, 9.17) is 14.2 Å². The summed E-state index contributed by atoms with van der Waals surface area (Å²) in [6.07, 6.45) is 3.01. The smallest absolute Gasteiger partial charge is 0.174 e. The molecule has 1 aromatic heterocycles. The highest BCUT2D eigenvalue weighted by molar-refractivity contribution is 9.10. The van der Waals surface area contributed by atoms with Gasteiger partial charge in [0, 0.05) is 30.1 Å². The number of nitrogens with zero attached hydrogens (tertiary/aromatic N) is 1. The van der Waals surface area contributed by atoms with E-state index in [0.29, 0.717) is 6.61 Å². The van der Waals surface area contributed by atoms with Crippen molar-refractivity contribution in [1.82, 2.24) is 4.57 Å². The van der Waals surface area contributed by atoms with E-state index in [2.05, 4.69) is 64.1 Å². The molecule has 0 N–H and O–H groups in total. The van der Waals surface area contributed by atoms with Crippen LogP contribution in [0, 0.1) is 0 Å². The van der Waals surface area contributed by atoms with Crippen molar-refractivity contribution in [1.29, 1.82) is 0 Å². The largest absolute Gasteiger partial charge is 0.493 e. The predicted molar refractivity (Wildman–Crippen MR) is 102 cm³/mol. The maximum Gasteiger partial charge on any atom is 0.174 e. The number of rotatable bonds is 3. The first kappa shape index (κ1) is 16.3. The van der Waals surface area contributed by atoms with E-state index in [1.54, 1.807) is 14.2 Å². The Hall–Kier alpha value is -2.14. The van der Waals surface area contributed by atoms with Gasteiger partial charge in [0.1, 0.15) is 5.75 Å². The Morgan fingerprint density at radius 2 is 2.00 bits per heavy atom. The lowest BCUT2D eigenvalue weighted by Crippen LogP contribution is -2.15. The molecule has 4 nitrogen and oxygen atoms in total. The predicted octanol–water partition coefficient (Wildman–Crippen LogP) is 4.87. The van der Waals surface area contributed by atoms with E-state index in [0.717, 1.165) is 28.1 Å². The van der Waals surface area contributed by atoms with Crippen molar-refractivity contribution < 1.29 is 14.2 Å². The molecular weight excluding hydrogens is 382 g/mol. The average molecular weight is 402 g/mol. The van der Waals surface area contributed by atoms with E-state index in [9.17, 15) is 0 Å². The van der Waals surface area contributed by atoms with Gasteiger partial charge in [-0.25, -0.2) is 0 Å². The van der Waals surface area contributed by atoms with Crippen LogP contribution in [-0.4, -0.2) is 25.4 Å². The molecule has 0 spiro atoms. The van der Waals surface area contributed by atoms with E-state index in [-0.39, 0.29) is 5.92 Å². The third-order valence-corrected chi connectivity index (χ3v) is 5.52. The van der Waals surface area contributed by atoms with Crippen molar-refractivity contribution in [3.8, 4) is 17.2 Å². The first-order valence-corrected chi connectivity index (χ1v) is 9.05. The van der Waals surface area contributed by atoms with Gasteiger partial charge in [0.05, 0.1) is 30.8 Å². The second-order valence-corrected chi connectivity index (χ2v) is 7.13. The van der Waals surface area contributed by atoms with E-state index in [1.807, 2.05) is 0 Å². The maximum atomic E-state index is 6.05. The summed E-state index contributed by atoms with van der Waals surface area (Å²) in [5.74, 6) is 2.72. The molecule has 0 saturated carbocycles. The van der Waals surface area contributed by atoms with Gasteiger partial charge < -0.3 is 18.8 Å². The van der Waals surface area contributed by atoms with E-state index in [1.165, 1.54) is 22.0 Å². The first-order valence-electron chi connectivity index (χ1n) is 8.26. The number of benzene rings is 2. The van der Waals surface area contributed by atoms with Crippen LogP contribution in [0.25, 0.3) is 10.9 Å². The highest BCUT2D eigenvalue weighted by Gasteiger charge is 2.27. The summed E-state index contributed by atoms with van der Waals surface area (Å²) in [5, 5.41) is 1.17. The number of fused-ring (bicyclic) bond motifs is 3. The van der Waals surface area contributed by atoms with Gasteiger partial charge in [0.25, 0.3) is 0 Å². The van der Waals surface area contributed by atoms with Crippen LogP contribution < -0.4 is 14.2 Å². The van der Waals surface area contributed by atoms with Gasteiger partial charge in [-0.15, -0.1) is 0 Å². The van der Waals surface area contributed by atoms with Gasteiger partial charge in [-0.3, -0.25) is 0 Å². The number of hydrogen-bond donors (Lipinski definition) is 0. The Morgan fingerprint density at radius 1 is 1.16 bits per heavy atom. The molecule has 1 aliphatic heterocycles. The van der Waals surface area contributed by atoms with Crippen LogP contribution in [0.2, 0.25) is 0 Å². The average Bonchev–Trinajstić information content (AvgIpc) is 3.02. The molecule has 0 bridgehead atoms. The zero-order chi connectivity index (χ0) is 17.6. The maximum absolute atomic E-state index is 6.05. The molecule has 2 heterocycles. The fraction of sp³-hybridized carbons (Fsp3) is 0.300. The minimum atomic E-state index is 0.268. The number of aromatic nitrogens is 1. The van der Waals surface area contributed by atoms with Gasteiger partial charge in [-0.2, -0.15) is 0 Å². The monoisotopic (exact) mass is 401 g/mol. The molecule has 0 aliphatic carbocycles. The van der Waals surface area contributed by atoms with Gasteiger partial charge in [-0.05, 0) is 52.2 Å². The number of aryl methyl sites for hydroxylation is 1. The Kier molecular flexibility index (Phi) is 4.12. The van der Waals surface area contributed by atoms with Crippen LogP contribution >= 0.6 is 15.9 Å². The van der Waals surface area contributed by atoms with Gasteiger partial charge in [0.2, 0.25) is 0 Å². The van der Waals surface area contributed by atoms with Crippen LogP contribution in [0.3, 0.4) is 0 Å². The highest BCUT2D eigenvalue weighted by atomic mass is 79.9. The lowest BCUT2D eigenvalue weighted by atomic mass is 9.86. The summed E-state index contributed by atoms with van der Waals surface area (Å²) in [4.78, 5) is 0. The second kappa shape index (κ2) is 6.30. The first-order chi connectivity index (χ1) is 12.1. The minimum absolute atomic E-state index is 0.268. The summed E-state index contributed by atoms with van der Waals surface area (Å²) in [7, 11) is 5.37. The fourth-order valence-corrected chi connectivity index (χ4v) is 4.32. The molecule has 2 aromatic carbocycles. The SMILES string of the molecule is COc1cc(C2CCOc3c2ccc2c3ccn2C)cc(Br)c1OC. The van der Waals surface area contributed by atoms with Crippen LogP contribution in [0.15, 0.2) is 41.0 Å². The van der Waals surface area contributed by atoms with Crippen LogP contribution in [0.5, 0.6) is 17.2 Å². The molecule has 1 atom stereocenters. The van der Waals surface area contributed by atoms with Crippen LogP contribution in [-0.2, 0) is 7.05 Å². The zero-order valence-electron chi connectivity index (χ0n) is 14.5. The van der Waals surface area contributed by atoms with Crippen molar-refractivity contribution in [3.63, 3.8) is 0 Å². The highest BCUT2D eigenvalue weighted by Crippen LogP contribution is 2.45. The molecule has 0 saturated heterocycles. The van der Waals surface area contributed by atoms with E-state index < -0.39 is 0 Å². The number of hydrogen-bond acceptors (Lipinski definition) is 3. The van der Waals surface area contributed by atoms with Gasteiger partial charge in [-0.1, -0.05) is 6.07 Å². The van der Waals surface area contributed by atoms with Crippen molar-refractivity contribution in [2.45, 2.75) is 12.3 Å². The molecule has 130 valence electrons. The quantitative estimate of drug-likeness (QED) is 0.627. The standard InChI is InChI=1S/C20H20BrNO3/c1-22-8-6-15-17(22)5-4-14-13(7-9-25-19(14)15)12-10-16(21)20(24-3)18(11-12)23-2/h4-6,8,10-11,13H,7,9H2,1-3H3. The van der Waals surface area contributed by atoms with Gasteiger partial charge in [0.15, 0.2) is 11.5 Å². The van der Waals surface area contributed by atoms with Crippen molar-refractivity contribution in [3.05, 3.63) is 52.1 Å². The van der Waals surface area contributed by atoms with Crippen molar-refractivity contribution in [2.24, 2.45) is 7.05 Å². The molecule has 1 unspecified atom stereocenters. The molecule has 0 radical (unpaired) electrons. The minimum Gasteiger partial charge on any atom is -0.493 e. The molecule has 25 heavy (non-hydrogen) atoms. The zero-order valence-corrected chi connectivity index (χ0v) is 16.1. The summed E-state index contributed by atoms with van der Waals surface area (Å²) < 4.78 is 20.0. The Bertz CT molecular complexity index is 948. The Balaban J connectivity index is 1.86. The van der Waals surface area contributed by atoms with Crippen LogP contribution in [0.1, 0.15) is 23.5 Å². The molecular formula is C20H20BrNO3. The van der Waals surface area contributed by atoms with E-state index >= 15 is 0 Å². The fourth-order valence-electron chi connectivity index (χ4n) is 3.70. The normalized spacial score (nSPS) is 16.4. The summed E-state index contributed by atoms with van der Waals surface area (Å²) in [5.41, 5.74) is 3.61. The summed E-state index contributed by atoms with van der Waals surface area (Å²) in [6.45, 7) is 0.706. The molecule has 1 aliphatic rings. The number of halogens is 1. The van der Waals surface area contributed by atoms with Gasteiger partial charge >= 0.3 is 0 Å². The molecule has 4 rings (SSSR count). The van der Waals surface area contributed by atoms with Crippen molar-refractivity contribution in [2.75, 3.05) is 20.8 Å². The Morgan fingerprint density at radius 3 is 2.76 bits per heavy atom. The third kappa shape index (κ3) is 2.58. The molecule has 3 aromatic rings. The van der Waals surface area contributed by atoms with Crippen LogP contribution in [0.4, 0.5) is 0 Å². The molecule has 5 heteroatoms. The third-order valence-electron chi connectivity index (χ3n) is 4.93. The lowest BCUT2D eigenvalue weighted by molar-refractivity contribution is 0.280. The topological polar surface area (TPSA) is 32.6 Å². The second-order valence-electron chi connectivity index (χ2n) is 6.27. The lowest BCUT2D eigenvalue weighted by Gasteiger charge is -2.27.